The van der Waals surface area contributed by atoms with Gasteiger partial charge in [0, 0.05) is 32.0 Å². The van der Waals surface area contributed by atoms with Gasteiger partial charge < -0.3 is 15.5 Å². The molecule has 0 aliphatic rings. The summed E-state index contributed by atoms with van der Waals surface area (Å²) in [4.78, 5) is 25.2. The fourth-order valence-corrected chi connectivity index (χ4v) is 1.71. The molecule has 0 fully saturated rings. The van der Waals surface area contributed by atoms with Crippen LogP contribution in [0.1, 0.15) is 26.2 Å². The lowest BCUT2D eigenvalue weighted by Crippen LogP contribution is -2.35. The number of hydrogen-bond donors (Lipinski definition) is 2. The number of hydrogen-bond acceptors (Lipinski definition) is 3. The Balaban J connectivity index is 2.49. The molecule has 110 valence electrons. The third kappa shape index (κ3) is 5.30. The Bertz CT molecular complexity index is 458. The van der Waals surface area contributed by atoms with Crippen LogP contribution in [0.4, 0.5) is 11.4 Å². The van der Waals surface area contributed by atoms with Gasteiger partial charge in [-0.2, -0.15) is 0 Å². The van der Waals surface area contributed by atoms with Gasteiger partial charge in [0.15, 0.2) is 0 Å². The molecule has 2 N–H and O–H groups in total. The molecule has 0 aromatic heterocycles. The van der Waals surface area contributed by atoms with E-state index in [2.05, 4.69) is 17.6 Å². The Morgan fingerprint density at radius 3 is 2.55 bits per heavy atom. The largest absolute Gasteiger partial charge is 0.378 e. The number of carbonyl (C=O) groups excluding carboxylic acids is 2. The van der Waals surface area contributed by atoms with Gasteiger partial charge in [-0.15, -0.1) is 0 Å². The molecule has 0 radical (unpaired) electrons. The lowest BCUT2D eigenvalue weighted by Gasteiger charge is -2.13. The summed E-state index contributed by atoms with van der Waals surface area (Å²) in [6.07, 6.45) is 3.03. The minimum atomic E-state index is -0.627. The maximum absolute atomic E-state index is 11.7. The first-order chi connectivity index (χ1) is 9.54. The summed E-state index contributed by atoms with van der Waals surface area (Å²) in [6.45, 7) is 2.63. The highest BCUT2D eigenvalue weighted by molar-refractivity contribution is 6.39. The lowest BCUT2D eigenvalue weighted by molar-refractivity contribution is -0.136. The Morgan fingerprint density at radius 2 is 1.90 bits per heavy atom. The Morgan fingerprint density at radius 1 is 1.15 bits per heavy atom. The van der Waals surface area contributed by atoms with Crippen molar-refractivity contribution in [1.29, 1.82) is 0 Å². The first-order valence-corrected chi connectivity index (χ1v) is 6.91. The monoisotopic (exact) mass is 277 g/mol. The van der Waals surface area contributed by atoms with E-state index in [0.717, 1.165) is 24.9 Å². The van der Waals surface area contributed by atoms with Crippen molar-refractivity contribution < 1.29 is 9.59 Å². The highest BCUT2D eigenvalue weighted by Crippen LogP contribution is 2.16. The van der Waals surface area contributed by atoms with Gasteiger partial charge in [-0.3, -0.25) is 9.59 Å². The molecule has 0 unspecified atom stereocenters. The van der Waals surface area contributed by atoms with Crippen molar-refractivity contribution in [3.63, 3.8) is 0 Å². The van der Waals surface area contributed by atoms with Gasteiger partial charge in [0.2, 0.25) is 0 Å². The van der Waals surface area contributed by atoms with Crippen molar-refractivity contribution in [2.45, 2.75) is 26.2 Å². The van der Waals surface area contributed by atoms with Gasteiger partial charge in [0.1, 0.15) is 0 Å². The molecule has 0 saturated heterocycles. The molecule has 0 spiro atoms. The number of rotatable bonds is 6. The van der Waals surface area contributed by atoms with E-state index < -0.39 is 11.8 Å². The van der Waals surface area contributed by atoms with Crippen molar-refractivity contribution in [3.8, 4) is 0 Å². The van der Waals surface area contributed by atoms with E-state index in [1.165, 1.54) is 0 Å². The fourth-order valence-electron chi connectivity index (χ4n) is 1.71. The van der Waals surface area contributed by atoms with Gasteiger partial charge in [0.25, 0.3) is 0 Å². The number of benzene rings is 1. The number of unbranched alkanes of at least 4 members (excludes halogenated alkanes) is 2. The third-order valence-corrected chi connectivity index (χ3v) is 2.89. The summed E-state index contributed by atoms with van der Waals surface area (Å²) < 4.78 is 0. The first-order valence-electron chi connectivity index (χ1n) is 6.91. The second kappa shape index (κ2) is 8.19. The van der Waals surface area contributed by atoms with Gasteiger partial charge >= 0.3 is 11.8 Å². The predicted octanol–water partition coefficient (Wildman–Crippen LogP) is 2.00. The van der Waals surface area contributed by atoms with Crippen molar-refractivity contribution in [3.05, 3.63) is 24.3 Å². The van der Waals surface area contributed by atoms with E-state index in [9.17, 15) is 9.59 Å². The van der Waals surface area contributed by atoms with Crippen LogP contribution in [-0.2, 0) is 9.59 Å². The summed E-state index contributed by atoms with van der Waals surface area (Å²) >= 11 is 0. The second-order valence-corrected chi connectivity index (χ2v) is 4.86. The van der Waals surface area contributed by atoms with E-state index in [-0.39, 0.29) is 0 Å². The van der Waals surface area contributed by atoms with E-state index >= 15 is 0 Å². The van der Waals surface area contributed by atoms with E-state index in [0.29, 0.717) is 12.2 Å². The van der Waals surface area contributed by atoms with Crippen LogP contribution < -0.4 is 15.5 Å². The quantitative estimate of drug-likeness (QED) is 0.617. The smallest absolute Gasteiger partial charge is 0.313 e. The zero-order valence-electron chi connectivity index (χ0n) is 12.4. The molecular weight excluding hydrogens is 254 g/mol. The van der Waals surface area contributed by atoms with Crippen LogP contribution >= 0.6 is 0 Å². The zero-order chi connectivity index (χ0) is 15.0. The molecule has 2 amide bonds. The molecule has 0 saturated carbocycles. The Labute approximate surface area is 120 Å². The van der Waals surface area contributed by atoms with Crippen LogP contribution in [0.3, 0.4) is 0 Å². The molecule has 0 aliphatic carbocycles. The lowest BCUT2D eigenvalue weighted by atomic mass is 10.2. The van der Waals surface area contributed by atoms with E-state index in [4.69, 9.17) is 0 Å². The van der Waals surface area contributed by atoms with Crippen LogP contribution in [0.2, 0.25) is 0 Å². The molecule has 1 aromatic carbocycles. The van der Waals surface area contributed by atoms with Crippen molar-refractivity contribution >= 4 is 23.2 Å². The second-order valence-electron chi connectivity index (χ2n) is 4.86. The maximum Gasteiger partial charge on any atom is 0.313 e. The molecule has 1 rings (SSSR count). The van der Waals surface area contributed by atoms with Gasteiger partial charge in [-0.05, 0) is 24.6 Å². The predicted molar refractivity (Wildman–Crippen MR) is 81.9 cm³/mol. The molecule has 0 heterocycles. The van der Waals surface area contributed by atoms with Crippen LogP contribution in [-0.4, -0.2) is 32.5 Å². The summed E-state index contributed by atoms with van der Waals surface area (Å²) in [6, 6.07) is 7.35. The van der Waals surface area contributed by atoms with Crippen LogP contribution in [0.25, 0.3) is 0 Å². The summed E-state index contributed by atoms with van der Waals surface area (Å²) in [5.74, 6) is -1.21. The number of carbonyl (C=O) groups is 2. The molecule has 20 heavy (non-hydrogen) atoms. The molecule has 5 heteroatoms. The minimum Gasteiger partial charge on any atom is -0.378 e. The zero-order valence-corrected chi connectivity index (χ0v) is 12.4. The Hall–Kier alpha value is -2.04. The normalized spacial score (nSPS) is 9.95. The average molecular weight is 277 g/mol. The maximum atomic E-state index is 11.7. The van der Waals surface area contributed by atoms with Gasteiger partial charge in [0.05, 0.1) is 0 Å². The third-order valence-electron chi connectivity index (χ3n) is 2.89. The molecular formula is C15H23N3O2. The average Bonchev–Trinajstić information content (AvgIpc) is 2.43. The van der Waals surface area contributed by atoms with Crippen LogP contribution in [0, 0.1) is 0 Å². The van der Waals surface area contributed by atoms with Gasteiger partial charge in [-0.25, -0.2) is 0 Å². The summed E-state index contributed by atoms with van der Waals surface area (Å²) in [5.41, 5.74) is 1.58. The number of nitrogens with zero attached hydrogens (tertiary/aromatic N) is 1. The van der Waals surface area contributed by atoms with Crippen molar-refractivity contribution in [2.75, 3.05) is 30.9 Å². The minimum absolute atomic E-state index is 0.540. The van der Waals surface area contributed by atoms with Crippen molar-refractivity contribution in [1.82, 2.24) is 5.32 Å². The molecule has 0 atom stereocenters. The molecule has 5 nitrogen and oxygen atoms in total. The van der Waals surface area contributed by atoms with Crippen LogP contribution in [0.5, 0.6) is 0 Å². The summed E-state index contributed by atoms with van der Waals surface area (Å²) in [5, 5.41) is 5.21. The van der Waals surface area contributed by atoms with Crippen LogP contribution in [0.15, 0.2) is 24.3 Å². The highest BCUT2D eigenvalue weighted by atomic mass is 16.2. The fraction of sp³-hybridized carbons (Fsp3) is 0.467. The van der Waals surface area contributed by atoms with E-state index in [1.54, 1.807) is 6.07 Å². The van der Waals surface area contributed by atoms with E-state index in [1.807, 2.05) is 37.2 Å². The number of nitrogens with one attached hydrogen (secondary N) is 2. The molecule has 1 aromatic rings. The molecule has 0 aliphatic heterocycles. The summed E-state index contributed by atoms with van der Waals surface area (Å²) in [7, 11) is 3.84. The van der Waals surface area contributed by atoms with Gasteiger partial charge in [-0.1, -0.05) is 25.8 Å². The van der Waals surface area contributed by atoms with Crippen molar-refractivity contribution in [2.24, 2.45) is 0 Å². The SMILES string of the molecule is CCCCCNC(=O)C(=O)Nc1cccc(N(C)C)c1. The molecule has 0 bridgehead atoms. The Kier molecular flexibility index (Phi) is 6.56. The standard InChI is InChI=1S/C15H23N3O2/c1-4-5-6-10-16-14(19)15(20)17-12-8-7-9-13(11-12)18(2)3/h7-9,11H,4-6,10H2,1-3H3,(H,16,19)(H,17,20). The number of anilines is 2. The number of amides is 2. The first kappa shape index (κ1) is 16.0. The highest BCUT2D eigenvalue weighted by Gasteiger charge is 2.13. The topological polar surface area (TPSA) is 61.4 Å².